The minimum Gasteiger partial charge on any atom is -0.504 e. The fourth-order valence-corrected chi connectivity index (χ4v) is 2.37. The lowest BCUT2D eigenvalue weighted by Crippen LogP contribution is -2.41. The van der Waals surface area contributed by atoms with Crippen molar-refractivity contribution in [2.24, 2.45) is 0 Å². The van der Waals surface area contributed by atoms with Crippen molar-refractivity contribution in [2.75, 3.05) is 20.8 Å². The van der Waals surface area contributed by atoms with Gasteiger partial charge >= 0.3 is 5.97 Å². The maximum Gasteiger partial charge on any atom is 0.328 e. The number of esters is 1. The Labute approximate surface area is 116 Å². The summed E-state index contributed by atoms with van der Waals surface area (Å²) in [6.07, 6.45) is 1.37. The summed E-state index contributed by atoms with van der Waals surface area (Å²) in [5, 5.41) is 9.54. The lowest BCUT2D eigenvalue weighted by Gasteiger charge is -2.22. The highest BCUT2D eigenvalue weighted by atomic mass is 16.5. The zero-order valence-electron chi connectivity index (χ0n) is 11.5. The van der Waals surface area contributed by atoms with E-state index in [0.717, 1.165) is 6.42 Å². The molecule has 1 fully saturated rings. The number of aromatic hydroxyl groups is 1. The number of amides is 1. The van der Waals surface area contributed by atoms with Gasteiger partial charge in [-0.05, 0) is 31.0 Å². The number of ether oxygens (including phenoxy) is 2. The first-order valence-electron chi connectivity index (χ1n) is 6.34. The minimum atomic E-state index is -0.535. The van der Waals surface area contributed by atoms with Crippen LogP contribution in [0.15, 0.2) is 18.2 Å². The average molecular weight is 279 g/mol. The van der Waals surface area contributed by atoms with E-state index < -0.39 is 12.0 Å². The standard InChI is InChI=1S/C14H17NO5/c1-19-12-8-9(5-6-11(12)16)13(17)15-7-3-4-10(15)14(18)20-2/h5-6,8,10,16H,3-4,7H2,1-2H3. The molecule has 1 unspecified atom stereocenters. The van der Waals surface area contributed by atoms with Gasteiger partial charge in [0.2, 0.25) is 0 Å². The largest absolute Gasteiger partial charge is 0.504 e. The summed E-state index contributed by atoms with van der Waals surface area (Å²) in [6.45, 7) is 0.516. The van der Waals surface area contributed by atoms with Gasteiger partial charge in [-0.1, -0.05) is 0 Å². The maximum atomic E-state index is 12.4. The Kier molecular flexibility index (Phi) is 4.12. The highest BCUT2D eigenvalue weighted by molar-refractivity contribution is 5.97. The zero-order valence-corrected chi connectivity index (χ0v) is 11.5. The molecule has 108 valence electrons. The van der Waals surface area contributed by atoms with Crippen LogP contribution in [0.5, 0.6) is 11.5 Å². The molecule has 1 aromatic rings. The second-order valence-electron chi connectivity index (χ2n) is 4.57. The zero-order chi connectivity index (χ0) is 14.7. The molecule has 1 saturated heterocycles. The van der Waals surface area contributed by atoms with Gasteiger partial charge in [0, 0.05) is 12.1 Å². The van der Waals surface area contributed by atoms with E-state index in [1.165, 1.54) is 37.3 Å². The van der Waals surface area contributed by atoms with Crippen LogP contribution in [-0.4, -0.2) is 48.7 Å². The molecule has 1 aliphatic heterocycles. The number of carbonyl (C=O) groups is 2. The van der Waals surface area contributed by atoms with Crippen LogP contribution in [-0.2, 0) is 9.53 Å². The van der Waals surface area contributed by atoms with E-state index in [4.69, 9.17) is 9.47 Å². The third kappa shape index (κ3) is 2.54. The maximum absolute atomic E-state index is 12.4. The Morgan fingerprint density at radius 2 is 2.10 bits per heavy atom. The lowest BCUT2D eigenvalue weighted by molar-refractivity contribution is -0.145. The number of nitrogens with zero attached hydrogens (tertiary/aromatic N) is 1. The summed E-state index contributed by atoms with van der Waals surface area (Å²) in [5.74, 6) is -0.475. The van der Waals surface area contributed by atoms with Crippen molar-refractivity contribution >= 4 is 11.9 Å². The van der Waals surface area contributed by atoms with E-state index in [2.05, 4.69) is 0 Å². The molecular weight excluding hydrogens is 262 g/mol. The summed E-state index contributed by atoms with van der Waals surface area (Å²) < 4.78 is 9.70. The molecule has 1 aliphatic rings. The number of phenolic OH excluding ortho intramolecular Hbond substituents is 1. The van der Waals surface area contributed by atoms with E-state index in [1.54, 1.807) is 0 Å². The van der Waals surface area contributed by atoms with Crippen molar-refractivity contribution in [3.05, 3.63) is 23.8 Å². The van der Waals surface area contributed by atoms with Crippen molar-refractivity contribution in [1.29, 1.82) is 0 Å². The Bertz CT molecular complexity index is 528. The number of benzene rings is 1. The smallest absolute Gasteiger partial charge is 0.328 e. The Morgan fingerprint density at radius 1 is 1.35 bits per heavy atom. The number of carbonyl (C=O) groups excluding carboxylic acids is 2. The molecule has 2 rings (SSSR count). The number of methoxy groups -OCH3 is 2. The summed E-state index contributed by atoms with van der Waals surface area (Å²) in [6, 6.07) is 3.83. The van der Waals surface area contributed by atoms with Gasteiger partial charge in [-0.3, -0.25) is 4.79 Å². The Hall–Kier alpha value is -2.24. The lowest BCUT2D eigenvalue weighted by atomic mass is 10.1. The number of hydrogen-bond donors (Lipinski definition) is 1. The normalized spacial score (nSPS) is 17.9. The molecule has 20 heavy (non-hydrogen) atoms. The van der Waals surface area contributed by atoms with Gasteiger partial charge in [0.1, 0.15) is 6.04 Å². The first-order valence-corrected chi connectivity index (χ1v) is 6.34. The first-order chi connectivity index (χ1) is 9.58. The predicted molar refractivity (Wildman–Crippen MR) is 70.7 cm³/mol. The van der Waals surface area contributed by atoms with Crippen molar-refractivity contribution in [1.82, 2.24) is 4.90 Å². The third-order valence-electron chi connectivity index (χ3n) is 3.41. The van der Waals surface area contributed by atoms with Crippen molar-refractivity contribution < 1.29 is 24.2 Å². The van der Waals surface area contributed by atoms with Gasteiger partial charge < -0.3 is 19.5 Å². The van der Waals surface area contributed by atoms with Crippen LogP contribution in [0.2, 0.25) is 0 Å². The molecule has 0 radical (unpaired) electrons. The third-order valence-corrected chi connectivity index (χ3v) is 3.41. The fourth-order valence-electron chi connectivity index (χ4n) is 2.37. The molecule has 1 heterocycles. The summed E-state index contributed by atoms with van der Waals surface area (Å²) in [5.41, 5.74) is 0.371. The number of phenols is 1. The fraction of sp³-hybridized carbons (Fsp3) is 0.429. The first kappa shape index (κ1) is 14.2. The molecule has 1 aromatic carbocycles. The van der Waals surface area contributed by atoms with Gasteiger partial charge in [0.05, 0.1) is 14.2 Å². The van der Waals surface area contributed by atoms with Crippen LogP contribution in [0, 0.1) is 0 Å². The molecule has 1 atom stereocenters. The number of hydrogen-bond acceptors (Lipinski definition) is 5. The van der Waals surface area contributed by atoms with Crippen LogP contribution in [0.3, 0.4) is 0 Å². The van der Waals surface area contributed by atoms with E-state index >= 15 is 0 Å². The summed E-state index contributed by atoms with van der Waals surface area (Å²) in [7, 11) is 2.73. The van der Waals surface area contributed by atoms with Crippen LogP contribution >= 0.6 is 0 Å². The predicted octanol–water partition coefficient (Wildman–Crippen LogP) is 1.18. The minimum absolute atomic E-state index is 0.0324. The van der Waals surface area contributed by atoms with E-state index in [-0.39, 0.29) is 17.4 Å². The molecule has 1 amide bonds. The number of likely N-dealkylation sites (tertiary alicyclic amines) is 1. The van der Waals surface area contributed by atoms with Crippen LogP contribution in [0.1, 0.15) is 23.2 Å². The van der Waals surface area contributed by atoms with Crippen molar-refractivity contribution in [3.8, 4) is 11.5 Å². The molecule has 0 bridgehead atoms. The molecule has 0 aromatic heterocycles. The quantitative estimate of drug-likeness (QED) is 0.841. The van der Waals surface area contributed by atoms with Crippen LogP contribution < -0.4 is 4.74 Å². The average Bonchev–Trinajstić information content (AvgIpc) is 2.95. The van der Waals surface area contributed by atoms with Gasteiger partial charge in [0.15, 0.2) is 11.5 Å². The summed E-state index contributed by atoms with van der Waals surface area (Å²) >= 11 is 0. The highest BCUT2D eigenvalue weighted by Crippen LogP contribution is 2.28. The molecular formula is C14H17NO5. The summed E-state index contributed by atoms with van der Waals surface area (Å²) in [4.78, 5) is 25.6. The molecule has 6 nitrogen and oxygen atoms in total. The highest BCUT2D eigenvalue weighted by Gasteiger charge is 2.35. The Balaban J connectivity index is 2.24. The SMILES string of the molecule is COC(=O)C1CCCN1C(=O)c1ccc(O)c(OC)c1. The van der Waals surface area contributed by atoms with Gasteiger partial charge in [-0.25, -0.2) is 4.79 Å². The van der Waals surface area contributed by atoms with E-state index in [0.29, 0.717) is 18.5 Å². The van der Waals surface area contributed by atoms with E-state index in [1.807, 2.05) is 0 Å². The molecule has 1 N–H and O–H groups in total. The molecule has 0 saturated carbocycles. The van der Waals surface area contributed by atoms with Gasteiger partial charge in [-0.15, -0.1) is 0 Å². The molecule has 6 heteroatoms. The van der Waals surface area contributed by atoms with E-state index in [9.17, 15) is 14.7 Å². The van der Waals surface area contributed by atoms with Crippen molar-refractivity contribution in [2.45, 2.75) is 18.9 Å². The second-order valence-corrected chi connectivity index (χ2v) is 4.57. The Morgan fingerprint density at radius 3 is 2.75 bits per heavy atom. The molecule has 0 aliphatic carbocycles. The second kappa shape index (κ2) is 5.81. The topological polar surface area (TPSA) is 76.1 Å². The molecule has 0 spiro atoms. The van der Waals surface area contributed by atoms with Crippen LogP contribution in [0.4, 0.5) is 0 Å². The van der Waals surface area contributed by atoms with Crippen LogP contribution in [0.25, 0.3) is 0 Å². The van der Waals surface area contributed by atoms with Gasteiger partial charge in [0.25, 0.3) is 5.91 Å². The van der Waals surface area contributed by atoms with Gasteiger partial charge in [-0.2, -0.15) is 0 Å². The number of rotatable bonds is 3. The van der Waals surface area contributed by atoms with Crippen molar-refractivity contribution in [3.63, 3.8) is 0 Å². The monoisotopic (exact) mass is 279 g/mol.